The Bertz CT molecular complexity index is 512. The average molecular weight is 308 g/mol. The van der Waals surface area contributed by atoms with E-state index in [9.17, 15) is 9.59 Å². The summed E-state index contributed by atoms with van der Waals surface area (Å²) in [5.41, 5.74) is 0.584. The van der Waals surface area contributed by atoms with E-state index in [2.05, 4.69) is 5.32 Å². The molecule has 6 nitrogen and oxygen atoms in total. The quantitative estimate of drug-likeness (QED) is 0.810. The number of piperidine rings is 1. The predicted octanol–water partition coefficient (Wildman–Crippen LogP) is 1.59. The molecule has 122 valence electrons. The lowest BCUT2D eigenvalue weighted by Crippen LogP contribution is -2.45. The van der Waals surface area contributed by atoms with E-state index >= 15 is 0 Å². The first-order valence-electron chi connectivity index (χ1n) is 7.73. The largest absolute Gasteiger partial charge is 0.469 e. The Morgan fingerprint density at radius 2 is 2.32 bits per heavy atom. The van der Waals surface area contributed by atoms with Crippen molar-refractivity contribution in [3.05, 3.63) is 23.7 Å². The van der Waals surface area contributed by atoms with Crippen molar-refractivity contribution >= 4 is 11.8 Å². The van der Waals surface area contributed by atoms with E-state index in [1.807, 2.05) is 0 Å². The highest BCUT2D eigenvalue weighted by atomic mass is 16.5. The van der Waals surface area contributed by atoms with Gasteiger partial charge in [0.15, 0.2) is 0 Å². The van der Waals surface area contributed by atoms with Crippen molar-refractivity contribution in [2.24, 2.45) is 5.92 Å². The molecule has 1 N–H and O–H groups in total. The van der Waals surface area contributed by atoms with Gasteiger partial charge in [-0.25, -0.2) is 0 Å². The van der Waals surface area contributed by atoms with Crippen LogP contribution in [0.1, 0.15) is 35.4 Å². The zero-order valence-corrected chi connectivity index (χ0v) is 13.3. The summed E-state index contributed by atoms with van der Waals surface area (Å²) >= 11 is 0. The van der Waals surface area contributed by atoms with Crippen LogP contribution in [-0.4, -0.2) is 50.1 Å². The first-order valence-corrected chi connectivity index (χ1v) is 7.73. The molecule has 1 aromatic heterocycles. The summed E-state index contributed by atoms with van der Waals surface area (Å²) in [6, 6.07) is 1.69. The van der Waals surface area contributed by atoms with Crippen LogP contribution in [0.4, 0.5) is 0 Å². The number of nitrogens with zero attached hydrogens (tertiary/aromatic N) is 1. The number of carbonyl (C=O) groups is 2. The Kier molecular flexibility index (Phi) is 6.00. The molecule has 0 aliphatic carbocycles. The number of methoxy groups -OCH3 is 1. The second-order valence-electron chi connectivity index (χ2n) is 5.62. The molecule has 22 heavy (non-hydrogen) atoms. The second kappa shape index (κ2) is 7.98. The zero-order valence-electron chi connectivity index (χ0n) is 13.3. The van der Waals surface area contributed by atoms with Gasteiger partial charge < -0.3 is 19.4 Å². The van der Waals surface area contributed by atoms with Crippen molar-refractivity contribution < 1.29 is 18.7 Å². The number of hydrogen-bond acceptors (Lipinski definition) is 4. The van der Waals surface area contributed by atoms with E-state index in [0.717, 1.165) is 19.3 Å². The molecular weight excluding hydrogens is 284 g/mol. The molecule has 2 rings (SSSR count). The second-order valence-corrected chi connectivity index (χ2v) is 5.62. The van der Waals surface area contributed by atoms with E-state index < -0.39 is 0 Å². The average Bonchev–Trinajstić information content (AvgIpc) is 2.97. The first kappa shape index (κ1) is 16.5. The summed E-state index contributed by atoms with van der Waals surface area (Å²) in [5.74, 6) is 0.462. The molecule has 1 aliphatic heterocycles. The molecule has 0 radical (unpaired) electrons. The van der Waals surface area contributed by atoms with Crippen molar-refractivity contribution in [1.29, 1.82) is 0 Å². The van der Waals surface area contributed by atoms with E-state index in [-0.39, 0.29) is 17.7 Å². The van der Waals surface area contributed by atoms with Crippen LogP contribution in [0.15, 0.2) is 16.7 Å². The Morgan fingerprint density at radius 3 is 3.00 bits per heavy atom. The van der Waals surface area contributed by atoms with Gasteiger partial charge in [0.25, 0.3) is 5.91 Å². The Balaban J connectivity index is 1.87. The molecule has 1 unspecified atom stereocenters. The number of hydrogen-bond donors (Lipinski definition) is 1. The van der Waals surface area contributed by atoms with Crippen LogP contribution < -0.4 is 5.32 Å². The summed E-state index contributed by atoms with van der Waals surface area (Å²) in [5, 5.41) is 2.92. The molecule has 1 aliphatic rings. The maximum absolute atomic E-state index is 12.5. The fourth-order valence-corrected chi connectivity index (χ4v) is 2.73. The van der Waals surface area contributed by atoms with Gasteiger partial charge in [-0.05, 0) is 32.3 Å². The highest BCUT2D eigenvalue weighted by molar-refractivity contribution is 5.95. The number of nitrogens with one attached hydrogen (secondary N) is 1. The highest BCUT2D eigenvalue weighted by Crippen LogP contribution is 2.20. The van der Waals surface area contributed by atoms with Crippen molar-refractivity contribution in [2.75, 3.05) is 33.4 Å². The number of amides is 2. The van der Waals surface area contributed by atoms with Gasteiger partial charge >= 0.3 is 0 Å². The fraction of sp³-hybridized carbons (Fsp3) is 0.625. The van der Waals surface area contributed by atoms with E-state index in [1.165, 1.54) is 6.26 Å². The van der Waals surface area contributed by atoms with Crippen molar-refractivity contribution in [3.8, 4) is 0 Å². The van der Waals surface area contributed by atoms with Crippen molar-refractivity contribution in [3.63, 3.8) is 0 Å². The van der Waals surface area contributed by atoms with Gasteiger partial charge in [-0.3, -0.25) is 9.59 Å². The van der Waals surface area contributed by atoms with Crippen LogP contribution >= 0.6 is 0 Å². The summed E-state index contributed by atoms with van der Waals surface area (Å²) in [7, 11) is 1.64. The molecule has 2 heterocycles. The minimum atomic E-state index is -0.132. The van der Waals surface area contributed by atoms with Crippen LogP contribution in [0.25, 0.3) is 0 Å². The lowest BCUT2D eigenvalue weighted by atomic mass is 9.96. The topological polar surface area (TPSA) is 71.8 Å². The molecule has 0 aromatic carbocycles. The van der Waals surface area contributed by atoms with Gasteiger partial charge in [0, 0.05) is 33.4 Å². The molecular formula is C16H24N2O4. The maximum atomic E-state index is 12.5. The van der Waals surface area contributed by atoms with Gasteiger partial charge in [0.2, 0.25) is 5.91 Å². The molecule has 1 fully saturated rings. The number of likely N-dealkylation sites (tertiary alicyclic amines) is 1. The van der Waals surface area contributed by atoms with E-state index in [0.29, 0.717) is 37.6 Å². The summed E-state index contributed by atoms with van der Waals surface area (Å²) in [6.45, 7) is 4.18. The molecule has 0 spiro atoms. The number of aryl methyl sites for hydroxylation is 1. The van der Waals surface area contributed by atoms with Crippen molar-refractivity contribution in [1.82, 2.24) is 10.2 Å². The minimum Gasteiger partial charge on any atom is -0.469 e. The van der Waals surface area contributed by atoms with Gasteiger partial charge in [-0.15, -0.1) is 0 Å². The first-order chi connectivity index (χ1) is 10.6. The Hall–Kier alpha value is -1.82. The SMILES string of the molecule is COCCCNC(=O)C1CCCN(C(=O)c2ccoc2C)C1. The van der Waals surface area contributed by atoms with Crippen molar-refractivity contribution in [2.45, 2.75) is 26.2 Å². The number of rotatable bonds is 6. The maximum Gasteiger partial charge on any atom is 0.257 e. The monoisotopic (exact) mass is 308 g/mol. The number of ether oxygens (including phenoxy) is 1. The van der Waals surface area contributed by atoms with Gasteiger partial charge in [-0.2, -0.15) is 0 Å². The molecule has 1 aromatic rings. The van der Waals surface area contributed by atoms with Gasteiger partial charge in [0.1, 0.15) is 5.76 Å². The summed E-state index contributed by atoms with van der Waals surface area (Å²) in [4.78, 5) is 26.4. The lowest BCUT2D eigenvalue weighted by Gasteiger charge is -2.32. The molecule has 6 heteroatoms. The van der Waals surface area contributed by atoms with Gasteiger partial charge in [0.05, 0.1) is 17.7 Å². The van der Waals surface area contributed by atoms with Crippen LogP contribution in [0.5, 0.6) is 0 Å². The smallest absolute Gasteiger partial charge is 0.257 e. The third-order valence-electron chi connectivity index (χ3n) is 3.99. The van der Waals surface area contributed by atoms with E-state index in [4.69, 9.17) is 9.15 Å². The molecule has 1 saturated heterocycles. The molecule has 0 bridgehead atoms. The third kappa shape index (κ3) is 4.10. The van der Waals surface area contributed by atoms with Crippen LogP contribution in [0.3, 0.4) is 0 Å². The zero-order chi connectivity index (χ0) is 15.9. The van der Waals surface area contributed by atoms with E-state index in [1.54, 1.807) is 25.0 Å². The summed E-state index contributed by atoms with van der Waals surface area (Å²) < 4.78 is 10.1. The minimum absolute atomic E-state index is 0.0255. The number of carbonyl (C=O) groups excluding carboxylic acids is 2. The highest BCUT2D eigenvalue weighted by Gasteiger charge is 2.29. The fourth-order valence-electron chi connectivity index (χ4n) is 2.73. The Morgan fingerprint density at radius 1 is 1.50 bits per heavy atom. The lowest BCUT2D eigenvalue weighted by molar-refractivity contribution is -0.126. The molecule has 0 saturated carbocycles. The van der Waals surface area contributed by atoms with Gasteiger partial charge in [-0.1, -0.05) is 0 Å². The molecule has 1 atom stereocenters. The standard InChI is InChI=1S/C16H24N2O4/c1-12-14(6-10-22-12)16(20)18-8-3-5-13(11-18)15(19)17-7-4-9-21-2/h6,10,13H,3-5,7-9,11H2,1-2H3,(H,17,19). The normalized spacial score (nSPS) is 18.3. The molecule has 2 amide bonds. The predicted molar refractivity (Wildman–Crippen MR) is 81.6 cm³/mol. The van der Waals surface area contributed by atoms with Crippen LogP contribution in [-0.2, 0) is 9.53 Å². The third-order valence-corrected chi connectivity index (χ3v) is 3.99. The Labute approximate surface area is 130 Å². The van der Waals surface area contributed by atoms with Crippen LogP contribution in [0.2, 0.25) is 0 Å². The number of furan rings is 1. The van der Waals surface area contributed by atoms with Crippen LogP contribution in [0, 0.1) is 12.8 Å². The summed E-state index contributed by atoms with van der Waals surface area (Å²) in [6.07, 6.45) is 3.99.